The van der Waals surface area contributed by atoms with E-state index in [1.807, 2.05) is 0 Å². The van der Waals surface area contributed by atoms with Crippen molar-refractivity contribution in [2.24, 2.45) is 0 Å². The van der Waals surface area contributed by atoms with Gasteiger partial charge in [0, 0.05) is 28.6 Å². The van der Waals surface area contributed by atoms with Crippen LogP contribution in [0.25, 0.3) is 0 Å². The molecular weight excluding hydrogens is 415 g/mol. The van der Waals surface area contributed by atoms with E-state index in [1.54, 1.807) is 0 Å². The van der Waals surface area contributed by atoms with Crippen LogP contribution < -0.4 is 0 Å². The molecule has 0 saturated carbocycles. The first-order valence-electron chi connectivity index (χ1n) is 6.33. The summed E-state index contributed by atoms with van der Waals surface area (Å²) in [5, 5.41) is 18.8. The van der Waals surface area contributed by atoms with Gasteiger partial charge in [-0.15, -0.1) is 0 Å². The molecule has 12 heteroatoms. The van der Waals surface area contributed by atoms with E-state index in [9.17, 15) is 49.7 Å². The van der Waals surface area contributed by atoms with Crippen LogP contribution in [0.3, 0.4) is 0 Å². The van der Waals surface area contributed by atoms with Crippen molar-refractivity contribution in [1.82, 2.24) is 0 Å². The second kappa shape index (κ2) is 7.73. The molecule has 2 atom stereocenters. The summed E-state index contributed by atoms with van der Waals surface area (Å²) in [6.45, 7) is 1.56. The number of alkyl halides is 6. The third-order valence-corrected chi connectivity index (χ3v) is 3.30. The van der Waals surface area contributed by atoms with Crippen LogP contribution >= 0.6 is 0 Å². The molecule has 1 rings (SSSR count). The van der Waals surface area contributed by atoms with Crippen LogP contribution in [0.15, 0.2) is 0 Å². The first kappa shape index (κ1) is 24.0. The van der Waals surface area contributed by atoms with Gasteiger partial charge in [0.2, 0.25) is 0 Å². The zero-order valence-electron chi connectivity index (χ0n) is 12.4. The Morgan fingerprint density at radius 2 is 1.04 bits per heavy atom. The Hall–Kier alpha value is -0.971. The summed E-state index contributed by atoms with van der Waals surface area (Å²) >= 11 is 0. The Morgan fingerprint density at radius 1 is 0.680 bits per heavy atom. The second-order valence-electron chi connectivity index (χ2n) is 5.11. The summed E-state index contributed by atoms with van der Waals surface area (Å²) in [6, 6.07) is 0. The van der Waals surface area contributed by atoms with Crippen molar-refractivity contribution in [3.63, 3.8) is 0 Å². The smallest absolute Gasteiger partial charge is 0.393 e. The van der Waals surface area contributed by atoms with Gasteiger partial charge < -0.3 is 10.2 Å². The average molecular weight is 426 g/mol. The van der Waals surface area contributed by atoms with Gasteiger partial charge in [-0.05, 0) is 13.8 Å². The largest absolute Gasteiger partial charge is 0.422 e. The van der Waals surface area contributed by atoms with Gasteiger partial charge in [0.25, 0.3) is 0 Å². The molecule has 0 heterocycles. The van der Waals surface area contributed by atoms with E-state index < -0.39 is 64.6 Å². The average Bonchev–Trinajstić information content (AvgIpc) is 2.31. The summed E-state index contributed by atoms with van der Waals surface area (Å²) in [6.07, 6.45) is -15.7. The zero-order valence-corrected chi connectivity index (χ0v) is 13.5. The number of benzene rings is 1. The van der Waals surface area contributed by atoms with E-state index in [1.165, 1.54) is 0 Å². The zero-order chi connectivity index (χ0) is 19.2. The number of aliphatic hydroxyl groups is 2. The molecule has 0 bridgehead atoms. The SMILES string of the molecule is CC(O)C(c1c(F)c(F)c(C(F)(F)F)c(F)c1C(F)(F)F)C(C)O.[Fe]. The molecular formula is C13H11F9FeO2. The monoisotopic (exact) mass is 426 g/mol. The fourth-order valence-corrected chi connectivity index (χ4v) is 2.40. The quantitative estimate of drug-likeness (QED) is 0.436. The summed E-state index contributed by atoms with van der Waals surface area (Å²) in [4.78, 5) is 0. The molecule has 0 aliphatic rings. The van der Waals surface area contributed by atoms with E-state index in [4.69, 9.17) is 0 Å². The number of halogens is 9. The molecule has 1 aromatic rings. The molecule has 25 heavy (non-hydrogen) atoms. The molecule has 2 unspecified atom stereocenters. The fraction of sp³-hybridized carbons (Fsp3) is 0.538. The molecule has 1 aromatic carbocycles. The maximum Gasteiger partial charge on any atom is 0.422 e. The standard InChI is InChI=1S/C13H11F9O2.Fe/c1-3(23)5(4(2)24)6-7(12(17,18)19)10(15)8(13(20,21)22)11(16)9(6)14;/h3-5,23-24H,1-2H3;. The van der Waals surface area contributed by atoms with Gasteiger partial charge in [0.05, 0.1) is 17.8 Å². The molecule has 0 saturated heterocycles. The summed E-state index contributed by atoms with van der Waals surface area (Å²) in [5.41, 5.74) is -7.66. The number of aliphatic hydroxyl groups excluding tert-OH is 2. The van der Waals surface area contributed by atoms with Crippen LogP contribution in [0.2, 0.25) is 0 Å². The van der Waals surface area contributed by atoms with Crippen LogP contribution in [-0.2, 0) is 29.4 Å². The molecule has 146 valence electrons. The van der Waals surface area contributed by atoms with Gasteiger partial charge in [0.1, 0.15) is 5.56 Å². The first-order valence-corrected chi connectivity index (χ1v) is 6.33. The molecule has 0 aromatic heterocycles. The molecule has 0 radical (unpaired) electrons. The molecule has 2 N–H and O–H groups in total. The Kier molecular flexibility index (Phi) is 7.43. The minimum atomic E-state index is -5.93. The minimum Gasteiger partial charge on any atom is -0.393 e. The van der Waals surface area contributed by atoms with Crippen LogP contribution in [0.5, 0.6) is 0 Å². The van der Waals surface area contributed by atoms with Gasteiger partial charge in [0.15, 0.2) is 17.5 Å². The Balaban J connectivity index is 0.00000576. The predicted molar refractivity (Wildman–Crippen MR) is 62.4 cm³/mol. The second-order valence-corrected chi connectivity index (χ2v) is 5.11. The maximum absolute atomic E-state index is 14.0. The molecule has 0 fully saturated rings. The summed E-state index contributed by atoms with van der Waals surface area (Å²) in [5.74, 6) is -10.8. The van der Waals surface area contributed by atoms with E-state index in [0.717, 1.165) is 13.8 Å². The minimum absolute atomic E-state index is 0. The molecule has 0 spiro atoms. The topological polar surface area (TPSA) is 40.5 Å². The summed E-state index contributed by atoms with van der Waals surface area (Å²) < 4.78 is 118. The van der Waals surface area contributed by atoms with Gasteiger partial charge in [-0.1, -0.05) is 0 Å². The van der Waals surface area contributed by atoms with Crippen LogP contribution in [-0.4, -0.2) is 22.4 Å². The van der Waals surface area contributed by atoms with Crippen molar-refractivity contribution in [3.8, 4) is 0 Å². The van der Waals surface area contributed by atoms with Crippen LogP contribution in [0, 0.1) is 17.5 Å². The van der Waals surface area contributed by atoms with E-state index >= 15 is 0 Å². The fourth-order valence-electron chi connectivity index (χ4n) is 2.40. The van der Waals surface area contributed by atoms with Gasteiger partial charge in [-0.25, -0.2) is 13.2 Å². The van der Waals surface area contributed by atoms with Gasteiger partial charge in [-0.3, -0.25) is 0 Å². The predicted octanol–water partition coefficient (Wildman–Crippen LogP) is 3.98. The third-order valence-electron chi connectivity index (χ3n) is 3.30. The van der Waals surface area contributed by atoms with Gasteiger partial charge in [-0.2, -0.15) is 26.3 Å². The van der Waals surface area contributed by atoms with Crippen molar-refractivity contribution in [1.29, 1.82) is 0 Å². The molecule has 0 aliphatic carbocycles. The molecule has 2 nitrogen and oxygen atoms in total. The van der Waals surface area contributed by atoms with Crippen molar-refractivity contribution in [2.75, 3.05) is 0 Å². The van der Waals surface area contributed by atoms with Crippen molar-refractivity contribution in [2.45, 2.75) is 44.3 Å². The Morgan fingerprint density at radius 3 is 1.32 bits per heavy atom. The number of hydrogen-bond acceptors (Lipinski definition) is 2. The Labute approximate surface area is 146 Å². The third kappa shape index (κ3) is 4.60. The van der Waals surface area contributed by atoms with E-state index in [2.05, 4.69) is 0 Å². The van der Waals surface area contributed by atoms with Crippen molar-refractivity contribution in [3.05, 3.63) is 34.1 Å². The maximum atomic E-state index is 14.0. The number of rotatable bonds is 3. The van der Waals surface area contributed by atoms with E-state index in [-0.39, 0.29) is 17.1 Å². The Bertz CT molecular complexity index is 616. The summed E-state index contributed by atoms with van der Waals surface area (Å²) in [7, 11) is 0. The van der Waals surface area contributed by atoms with Gasteiger partial charge >= 0.3 is 12.4 Å². The van der Waals surface area contributed by atoms with E-state index in [0.29, 0.717) is 0 Å². The van der Waals surface area contributed by atoms with Crippen molar-refractivity contribution < 1.29 is 66.8 Å². The molecule has 0 aliphatic heterocycles. The number of hydrogen-bond donors (Lipinski definition) is 2. The van der Waals surface area contributed by atoms with Crippen molar-refractivity contribution >= 4 is 0 Å². The van der Waals surface area contributed by atoms with Crippen LogP contribution in [0.1, 0.15) is 36.5 Å². The van der Waals surface area contributed by atoms with Crippen LogP contribution in [0.4, 0.5) is 39.5 Å². The first-order chi connectivity index (χ1) is 10.6. The molecule has 0 amide bonds. The normalized spacial score (nSPS) is 16.2.